The zero-order valence-electron chi connectivity index (χ0n) is 22.3. The third-order valence-corrected chi connectivity index (χ3v) is 7.05. The minimum Gasteiger partial charge on any atom is -0.396 e. The summed E-state index contributed by atoms with van der Waals surface area (Å²) in [5.74, 6) is -0.789. The SMILES string of the molecule is NC(=O)C(CCCc1ccc(CN(CCCO)CCc2c[nH]c3ccccc23)cc1)OCc1ccc(F)cc1. The number of carbonyl (C=O) groups excluding carboxylic acids is 1. The molecule has 39 heavy (non-hydrogen) atoms. The second-order valence-electron chi connectivity index (χ2n) is 10.0. The maximum atomic E-state index is 13.1. The summed E-state index contributed by atoms with van der Waals surface area (Å²) in [6.07, 6.45) is 5.23. The average molecular weight is 532 g/mol. The average Bonchev–Trinajstić information content (AvgIpc) is 3.36. The van der Waals surface area contributed by atoms with Gasteiger partial charge in [-0.2, -0.15) is 0 Å². The van der Waals surface area contributed by atoms with Gasteiger partial charge < -0.3 is 20.6 Å². The van der Waals surface area contributed by atoms with Crippen LogP contribution in [0.2, 0.25) is 0 Å². The minimum absolute atomic E-state index is 0.183. The molecular weight excluding hydrogens is 493 g/mol. The lowest BCUT2D eigenvalue weighted by atomic mass is 10.0. The van der Waals surface area contributed by atoms with Gasteiger partial charge in [0, 0.05) is 43.3 Å². The van der Waals surface area contributed by atoms with Gasteiger partial charge in [-0.25, -0.2) is 4.39 Å². The third-order valence-electron chi connectivity index (χ3n) is 7.05. The first-order valence-corrected chi connectivity index (χ1v) is 13.6. The summed E-state index contributed by atoms with van der Waals surface area (Å²) in [5.41, 5.74) is 11.2. The monoisotopic (exact) mass is 531 g/mol. The van der Waals surface area contributed by atoms with Crippen molar-refractivity contribution in [1.82, 2.24) is 9.88 Å². The highest BCUT2D eigenvalue weighted by Gasteiger charge is 2.16. The number of aromatic nitrogens is 1. The molecule has 4 rings (SSSR count). The summed E-state index contributed by atoms with van der Waals surface area (Å²) in [4.78, 5) is 17.6. The van der Waals surface area contributed by atoms with Crippen LogP contribution < -0.4 is 5.73 Å². The van der Waals surface area contributed by atoms with Crippen LogP contribution in [0, 0.1) is 5.82 Å². The molecule has 0 saturated heterocycles. The van der Waals surface area contributed by atoms with Crippen molar-refractivity contribution in [3.63, 3.8) is 0 Å². The Labute approximate surface area is 229 Å². The Morgan fingerprint density at radius 2 is 1.64 bits per heavy atom. The molecule has 1 heterocycles. The number of amides is 1. The molecule has 1 aromatic heterocycles. The minimum atomic E-state index is -0.674. The van der Waals surface area contributed by atoms with E-state index in [-0.39, 0.29) is 19.0 Å². The summed E-state index contributed by atoms with van der Waals surface area (Å²) in [7, 11) is 0. The topological polar surface area (TPSA) is 91.6 Å². The number of rotatable bonds is 16. The molecule has 4 N–H and O–H groups in total. The number of nitrogens with two attached hydrogens (primary N) is 1. The molecule has 0 radical (unpaired) electrons. The van der Waals surface area contributed by atoms with E-state index < -0.39 is 12.0 Å². The standard InChI is InChI=1S/C32H38FN3O3/c33-28-15-13-26(14-16-28)23-39-31(32(34)38)8-3-5-24-9-11-25(12-10-24)22-36(18-4-20-37)19-17-27-21-35-30-7-2-1-6-29(27)30/h1-2,6-7,9-16,21,31,35,37H,3-5,8,17-20,22-23H2,(H2,34,38). The Morgan fingerprint density at radius 3 is 2.38 bits per heavy atom. The molecule has 7 heteroatoms. The van der Waals surface area contributed by atoms with E-state index >= 15 is 0 Å². The van der Waals surface area contributed by atoms with Crippen molar-refractivity contribution < 1.29 is 19.0 Å². The highest BCUT2D eigenvalue weighted by molar-refractivity contribution is 5.83. The zero-order valence-corrected chi connectivity index (χ0v) is 22.3. The van der Waals surface area contributed by atoms with E-state index in [9.17, 15) is 14.3 Å². The van der Waals surface area contributed by atoms with Crippen molar-refractivity contribution in [3.05, 3.63) is 107 Å². The van der Waals surface area contributed by atoms with Crippen molar-refractivity contribution in [2.45, 2.75) is 51.4 Å². The van der Waals surface area contributed by atoms with Crippen LogP contribution >= 0.6 is 0 Å². The number of aliphatic hydroxyl groups excluding tert-OH is 1. The summed E-state index contributed by atoms with van der Waals surface area (Å²) in [5, 5.41) is 10.7. The molecule has 0 aliphatic carbocycles. The Hall–Kier alpha value is -3.52. The number of aliphatic hydroxyl groups is 1. The normalized spacial score (nSPS) is 12.3. The predicted molar refractivity (Wildman–Crippen MR) is 153 cm³/mol. The van der Waals surface area contributed by atoms with Gasteiger partial charge in [0.15, 0.2) is 0 Å². The summed E-state index contributed by atoms with van der Waals surface area (Å²) in [6, 6.07) is 23.0. The molecular formula is C32H38FN3O3. The van der Waals surface area contributed by atoms with Crippen molar-refractivity contribution in [2.24, 2.45) is 5.73 Å². The van der Waals surface area contributed by atoms with Gasteiger partial charge in [-0.05, 0) is 72.6 Å². The van der Waals surface area contributed by atoms with E-state index in [1.807, 2.05) is 6.07 Å². The van der Waals surface area contributed by atoms with Crippen LogP contribution in [0.15, 0.2) is 79.0 Å². The highest BCUT2D eigenvalue weighted by Crippen LogP contribution is 2.19. The van der Waals surface area contributed by atoms with Crippen molar-refractivity contribution >= 4 is 16.8 Å². The van der Waals surface area contributed by atoms with Crippen LogP contribution in [-0.4, -0.2) is 46.7 Å². The predicted octanol–water partition coefficient (Wildman–Crippen LogP) is 5.13. The quantitative estimate of drug-likeness (QED) is 0.187. The van der Waals surface area contributed by atoms with Crippen LogP contribution in [0.1, 0.15) is 41.5 Å². The molecule has 0 fully saturated rings. The lowest BCUT2D eigenvalue weighted by molar-refractivity contribution is -0.130. The molecule has 3 aromatic carbocycles. The molecule has 6 nitrogen and oxygen atoms in total. The third kappa shape index (κ3) is 8.75. The number of ether oxygens (including phenoxy) is 1. The van der Waals surface area contributed by atoms with Crippen LogP contribution in [0.25, 0.3) is 10.9 Å². The number of nitrogens with zero attached hydrogens (tertiary/aromatic N) is 1. The van der Waals surface area contributed by atoms with Crippen LogP contribution in [-0.2, 0) is 35.5 Å². The first kappa shape index (κ1) is 28.5. The molecule has 1 amide bonds. The molecule has 4 aromatic rings. The number of hydrogen-bond acceptors (Lipinski definition) is 4. The number of carbonyl (C=O) groups is 1. The maximum absolute atomic E-state index is 13.1. The highest BCUT2D eigenvalue weighted by atomic mass is 19.1. The van der Waals surface area contributed by atoms with Gasteiger partial charge in [-0.15, -0.1) is 0 Å². The second-order valence-corrected chi connectivity index (χ2v) is 10.0. The van der Waals surface area contributed by atoms with E-state index in [1.165, 1.54) is 34.2 Å². The van der Waals surface area contributed by atoms with E-state index in [0.29, 0.717) is 6.42 Å². The van der Waals surface area contributed by atoms with Gasteiger partial charge in [-0.3, -0.25) is 9.69 Å². The Morgan fingerprint density at radius 1 is 0.923 bits per heavy atom. The first-order chi connectivity index (χ1) is 19.0. The summed E-state index contributed by atoms with van der Waals surface area (Å²) >= 11 is 0. The van der Waals surface area contributed by atoms with E-state index in [4.69, 9.17) is 10.5 Å². The van der Waals surface area contributed by atoms with Crippen LogP contribution in [0.5, 0.6) is 0 Å². The number of H-pyrrole nitrogens is 1. The Balaban J connectivity index is 1.25. The van der Waals surface area contributed by atoms with Crippen molar-refractivity contribution in [3.8, 4) is 0 Å². The molecule has 0 bridgehead atoms. The first-order valence-electron chi connectivity index (χ1n) is 13.6. The fourth-order valence-electron chi connectivity index (χ4n) is 4.83. The van der Waals surface area contributed by atoms with Crippen molar-refractivity contribution in [1.29, 1.82) is 0 Å². The van der Waals surface area contributed by atoms with Gasteiger partial charge in [-0.1, -0.05) is 54.6 Å². The largest absolute Gasteiger partial charge is 0.396 e. The molecule has 0 spiro atoms. The molecule has 1 atom stereocenters. The Bertz CT molecular complexity index is 1300. The summed E-state index contributed by atoms with van der Waals surface area (Å²) in [6.45, 7) is 2.98. The van der Waals surface area contributed by atoms with Gasteiger partial charge in [0.05, 0.1) is 6.61 Å². The number of hydrogen-bond donors (Lipinski definition) is 3. The number of benzene rings is 3. The second kappa shape index (κ2) is 14.6. The lowest BCUT2D eigenvalue weighted by Gasteiger charge is -2.22. The smallest absolute Gasteiger partial charge is 0.246 e. The van der Waals surface area contributed by atoms with Crippen molar-refractivity contribution in [2.75, 3.05) is 19.7 Å². The molecule has 0 saturated carbocycles. The van der Waals surface area contributed by atoms with Gasteiger partial charge >= 0.3 is 0 Å². The van der Waals surface area contributed by atoms with E-state index in [0.717, 1.165) is 56.4 Å². The van der Waals surface area contributed by atoms with Gasteiger partial charge in [0.1, 0.15) is 11.9 Å². The van der Waals surface area contributed by atoms with E-state index in [1.54, 1.807) is 12.1 Å². The van der Waals surface area contributed by atoms with Gasteiger partial charge in [0.25, 0.3) is 0 Å². The van der Waals surface area contributed by atoms with Crippen LogP contribution in [0.3, 0.4) is 0 Å². The number of aromatic amines is 1. The van der Waals surface area contributed by atoms with E-state index in [2.05, 4.69) is 58.5 Å². The number of aryl methyl sites for hydroxylation is 1. The number of fused-ring (bicyclic) bond motifs is 1. The maximum Gasteiger partial charge on any atom is 0.246 e. The molecule has 206 valence electrons. The Kier molecular flexibility index (Phi) is 10.7. The number of primary amides is 1. The van der Waals surface area contributed by atoms with Gasteiger partial charge in [0.2, 0.25) is 5.91 Å². The zero-order chi connectivity index (χ0) is 27.5. The molecule has 0 aliphatic heterocycles. The molecule has 1 unspecified atom stereocenters. The molecule has 0 aliphatic rings. The number of halogens is 1. The summed E-state index contributed by atoms with van der Waals surface area (Å²) < 4.78 is 18.8. The fourth-order valence-corrected chi connectivity index (χ4v) is 4.83. The van der Waals surface area contributed by atoms with Crippen LogP contribution in [0.4, 0.5) is 4.39 Å². The lowest BCUT2D eigenvalue weighted by Crippen LogP contribution is -2.31. The number of nitrogens with one attached hydrogen (secondary N) is 1. The number of para-hydroxylation sites is 1. The fraction of sp³-hybridized carbons (Fsp3) is 0.344.